The molecule has 0 unspecified atom stereocenters. The molecule has 0 saturated heterocycles. The van der Waals surface area contributed by atoms with E-state index >= 15 is 0 Å². The second-order valence-electron chi connectivity index (χ2n) is 4.61. The molecule has 19 heavy (non-hydrogen) atoms. The van der Waals surface area contributed by atoms with Crippen LogP contribution in [0.3, 0.4) is 0 Å². The standard InChI is InChI=1S/C16H20N2O/c1-12-7-6-8-14(18-12)11-17-13(2)15-9-4-5-10-16(15)19-3/h4-10,13,17H,11H2,1-3H3/t13-/m0/s1. The highest BCUT2D eigenvalue weighted by Crippen LogP contribution is 2.24. The van der Waals surface area contributed by atoms with Gasteiger partial charge in [-0.3, -0.25) is 4.98 Å². The summed E-state index contributed by atoms with van der Waals surface area (Å²) in [6.45, 7) is 4.89. The molecule has 0 radical (unpaired) electrons. The molecule has 0 aliphatic carbocycles. The Bertz CT molecular complexity index is 540. The summed E-state index contributed by atoms with van der Waals surface area (Å²) in [6, 6.07) is 14.4. The zero-order valence-electron chi connectivity index (χ0n) is 11.7. The number of hydrogen-bond acceptors (Lipinski definition) is 3. The normalized spacial score (nSPS) is 12.2. The smallest absolute Gasteiger partial charge is 0.123 e. The summed E-state index contributed by atoms with van der Waals surface area (Å²) in [7, 11) is 1.70. The molecule has 1 N–H and O–H groups in total. The molecule has 0 fully saturated rings. The first-order valence-corrected chi connectivity index (χ1v) is 6.49. The van der Waals surface area contributed by atoms with E-state index in [9.17, 15) is 0 Å². The fraction of sp³-hybridized carbons (Fsp3) is 0.312. The molecule has 1 heterocycles. The molecule has 1 atom stereocenters. The van der Waals surface area contributed by atoms with E-state index in [1.165, 1.54) is 0 Å². The molecular weight excluding hydrogens is 236 g/mol. The zero-order chi connectivity index (χ0) is 13.7. The Kier molecular flexibility index (Phi) is 4.53. The highest BCUT2D eigenvalue weighted by molar-refractivity contribution is 5.35. The second-order valence-corrected chi connectivity index (χ2v) is 4.61. The molecule has 0 amide bonds. The van der Waals surface area contributed by atoms with Crippen LogP contribution in [0.2, 0.25) is 0 Å². The molecule has 3 nitrogen and oxygen atoms in total. The number of pyridine rings is 1. The second kappa shape index (κ2) is 6.34. The van der Waals surface area contributed by atoms with Gasteiger partial charge in [-0.05, 0) is 32.0 Å². The minimum atomic E-state index is 0.221. The van der Waals surface area contributed by atoms with Crippen LogP contribution in [0.4, 0.5) is 0 Å². The van der Waals surface area contributed by atoms with Gasteiger partial charge in [0.15, 0.2) is 0 Å². The minimum absolute atomic E-state index is 0.221. The van der Waals surface area contributed by atoms with E-state index < -0.39 is 0 Å². The van der Waals surface area contributed by atoms with Crippen molar-refractivity contribution in [2.45, 2.75) is 26.4 Å². The van der Waals surface area contributed by atoms with Crippen LogP contribution < -0.4 is 10.1 Å². The minimum Gasteiger partial charge on any atom is -0.496 e. The van der Waals surface area contributed by atoms with Crippen molar-refractivity contribution in [3.8, 4) is 5.75 Å². The number of benzene rings is 1. The van der Waals surface area contributed by atoms with Gasteiger partial charge in [0.25, 0.3) is 0 Å². The number of ether oxygens (including phenoxy) is 1. The monoisotopic (exact) mass is 256 g/mol. The van der Waals surface area contributed by atoms with E-state index in [0.717, 1.165) is 29.2 Å². The molecule has 100 valence electrons. The molecule has 0 spiro atoms. The van der Waals surface area contributed by atoms with Gasteiger partial charge in [-0.15, -0.1) is 0 Å². The van der Waals surface area contributed by atoms with Crippen LogP contribution in [0.25, 0.3) is 0 Å². The van der Waals surface area contributed by atoms with E-state index in [2.05, 4.69) is 23.3 Å². The number of aryl methyl sites for hydroxylation is 1. The van der Waals surface area contributed by atoms with Crippen molar-refractivity contribution >= 4 is 0 Å². The van der Waals surface area contributed by atoms with E-state index in [1.54, 1.807) is 7.11 Å². The average Bonchev–Trinajstić information content (AvgIpc) is 2.45. The summed E-state index contributed by atoms with van der Waals surface area (Å²) in [5.41, 5.74) is 3.27. The SMILES string of the molecule is COc1ccccc1[C@H](C)NCc1cccc(C)n1. The van der Waals surface area contributed by atoms with Gasteiger partial charge in [0.2, 0.25) is 0 Å². The number of para-hydroxylation sites is 1. The van der Waals surface area contributed by atoms with Crippen LogP contribution in [0.1, 0.15) is 29.9 Å². The molecule has 0 saturated carbocycles. The molecule has 1 aromatic carbocycles. The lowest BCUT2D eigenvalue weighted by atomic mass is 10.1. The fourth-order valence-electron chi connectivity index (χ4n) is 2.09. The summed E-state index contributed by atoms with van der Waals surface area (Å²) in [5.74, 6) is 0.916. The van der Waals surface area contributed by atoms with Crippen molar-refractivity contribution in [2.24, 2.45) is 0 Å². The van der Waals surface area contributed by atoms with Crippen molar-refractivity contribution in [2.75, 3.05) is 7.11 Å². The van der Waals surface area contributed by atoms with Crippen LogP contribution in [0.15, 0.2) is 42.5 Å². The summed E-state index contributed by atoms with van der Waals surface area (Å²) in [4.78, 5) is 4.49. The van der Waals surface area contributed by atoms with Crippen molar-refractivity contribution in [1.29, 1.82) is 0 Å². The van der Waals surface area contributed by atoms with Gasteiger partial charge in [-0.2, -0.15) is 0 Å². The third kappa shape index (κ3) is 3.55. The van der Waals surface area contributed by atoms with E-state index in [4.69, 9.17) is 4.74 Å². The number of rotatable bonds is 5. The molecule has 0 aliphatic heterocycles. The number of aromatic nitrogens is 1. The highest BCUT2D eigenvalue weighted by Gasteiger charge is 2.10. The first kappa shape index (κ1) is 13.6. The van der Waals surface area contributed by atoms with Gasteiger partial charge >= 0.3 is 0 Å². The summed E-state index contributed by atoms with van der Waals surface area (Å²) >= 11 is 0. The summed E-state index contributed by atoms with van der Waals surface area (Å²) < 4.78 is 5.38. The Morgan fingerprint density at radius 1 is 1.16 bits per heavy atom. The maximum absolute atomic E-state index is 5.38. The van der Waals surface area contributed by atoms with Gasteiger partial charge in [-0.25, -0.2) is 0 Å². The Morgan fingerprint density at radius 2 is 1.95 bits per heavy atom. The third-order valence-electron chi connectivity index (χ3n) is 3.14. The molecule has 0 bridgehead atoms. The van der Waals surface area contributed by atoms with Crippen molar-refractivity contribution in [3.63, 3.8) is 0 Å². The molecule has 1 aromatic heterocycles. The Morgan fingerprint density at radius 3 is 2.68 bits per heavy atom. The van der Waals surface area contributed by atoms with Gasteiger partial charge in [0.1, 0.15) is 5.75 Å². The maximum atomic E-state index is 5.38. The lowest BCUT2D eigenvalue weighted by molar-refractivity contribution is 0.401. The number of methoxy groups -OCH3 is 1. The molecule has 2 rings (SSSR count). The number of nitrogens with one attached hydrogen (secondary N) is 1. The van der Waals surface area contributed by atoms with Crippen LogP contribution in [0.5, 0.6) is 5.75 Å². The van der Waals surface area contributed by atoms with Crippen LogP contribution in [0, 0.1) is 6.92 Å². The zero-order valence-corrected chi connectivity index (χ0v) is 11.7. The van der Waals surface area contributed by atoms with Crippen LogP contribution in [-0.4, -0.2) is 12.1 Å². The lowest BCUT2D eigenvalue weighted by Crippen LogP contribution is -2.19. The van der Waals surface area contributed by atoms with Crippen molar-refractivity contribution in [1.82, 2.24) is 10.3 Å². The first-order valence-electron chi connectivity index (χ1n) is 6.49. The predicted molar refractivity (Wildman–Crippen MR) is 77.2 cm³/mol. The summed E-state index contributed by atoms with van der Waals surface area (Å²) in [5, 5.41) is 3.47. The maximum Gasteiger partial charge on any atom is 0.123 e. The average molecular weight is 256 g/mol. The Labute approximate surface area is 114 Å². The van der Waals surface area contributed by atoms with E-state index in [1.807, 2.05) is 43.3 Å². The highest BCUT2D eigenvalue weighted by atomic mass is 16.5. The fourth-order valence-corrected chi connectivity index (χ4v) is 2.09. The Balaban J connectivity index is 2.03. The topological polar surface area (TPSA) is 34.1 Å². The Hall–Kier alpha value is -1.87. The molecule has 3 heteroatoms. The van der Waals surface area contributed by atoms with Gasteiger partial charge in [0.05, 0.1) is 12.8 Å². The number of nitrogens with zero attached hydrogens (tertiary/aromatic N) is 1. The van der Waals surface area contributed by atoms with E-state index in [0.29, 0.717) is 0 Å². The van der Waals surface area contributed by atoms with Crippen molar-refractivity contribution in [3.05, 3.63) is 59.4 Å². The van der Waals surface area contributed by atoms with Gasteiger partial charge < -0.3 is 10.1 Å². The first-order chi connectivity index (χ1) is 9.20. The van der Waals surface area contributed by atoms with Crippen molar-refractivity contribution < 1.29 is 4.74 Å². The third-order valence-corrected chi connectivity index (χ3v) is 3.14. The lowest BCUT2D eigenvalue weighted by Gasteiger charge is -2.17. The largest absolute Gasteiger partial charge is 0.496 e. The molecule has 0 aliphatic rings. The number of hydrogen-bond donors (Lipinski definition) is 1. The summed E-state index contributed by atoms with van der Waals surface area (Å²) in [6.07, 6.45) is 0. The van der Waals surface area contributed by atoms with E-state index in [-0.39, 0.29) is 6.04 Å². The van der Waals surface area contributed by atoms with Crippen LogP contribution >= 0.6 is 0 Å². The molecular formula is C16H20N2O. The predicted octanol–water partition coefficient (Wildman–Crippen LogP) is 3.25. The van der Waals surface area contributed by atoms with Gasteiger partial charge in [0, 0.05) is 23.8 Å². The quantitative estimate of drug-likeness (QED) is 0.891. The molecule has 2 aromatic rings. The van der Waals surface area contributed by atoms with Crippen LogP contribution in [-0.2, 0) is 6.54 Å². The van der Waals surface area contributed by atoms with Gasteiger partial charge in [-0.1, -0.05) is 24.3 Å².